The van der Waals surface area contributed by atoms with Crippen LogP contribution in [0.2, 0.25) is 0 Å². The Morgan fingerprint density at radius 1 is 1.00 bits per heavy atom. The van der Waals surface area contributed by atoms with Gasteiger partial charge in [-0.25, -0.2) is 0 Å². The van der Waals surface area contributed by atoms with Crippen LogP contribution in [-0.2, 0) is 9.47 Å². The Morgan fingerprint density at radius 3 is 2.35 bits per heavy atom. The molecule has 3 rings (SSSR count). The van der Waals surface area contributed by atoms with Gasteiger partial charge in [-0.1, -0.05) is 52.4 Å². The van der Waals surface area contributed by atoms with Crippen LogP contribution in [0.4, 0.5) is 0 Å². The Bertz CT molecular complexity index is 363. The van der Waals surface area contributed by atoms with Crippen LogP contribution in [-0.4, -0.2) is 43.0 Å². The zero-order chi connectivity index (χ0) is 16.3. The van der Waals surface area contributed by atoms with Crippen LogP contribution in [0.3, 0.4) is 0 Å². The van der Waals surface area contributed by atoms with Gasteiger partial charge in [0.1, 0.15) is 0 Å². The van der Waals surface area contributed by atoms with Crippen molar-refractivity contribution >= 4 is 0 Å². The summed E-state index contributed by atoms with van der Waals surface area (Å²) in [7, 11) is 0. The second-order valence-electron chi connectivity index (χ2n) is 8.47. The molecule has 3 heteroatoms. The molecule has 0 aromatic heterocycles. The molecule has 1 aliphatic carbocycles. The van der Waals surface area contributed by atoms with E-state index in [0.29, 0.717) is 11.8 Å². The minimum absolute atomic E-state index is 0.263. The summed E-state index contributed by atoms with van der Waals surface area (Å²) >= 11 is 0. The third kappa shape index (κ3) is 4.29. The van der Waals surface area contributed by atoms with Crippen LogP contribution >= 0.6 is 0 Å². The van der Waals surface area contributed by atoms with Gasteiger partial charge in [0.25, 0.3) is 0 Å². The molecule has 4 unspecified atom stereocenters. The molecule has 2 saturated heterocycles. The molecule has 3 nitrogen and oxygen atoms in total. The summed E-state index contributed by atoms with van der Waals surface area (Å²) in [6, 6.07) is 0. The lowest BCUT2D eigenvalue weighted by Crippen LogP contribution is -2.42. The van der Waals surface area contributed by atoms with Gasteiger partial charge in [-0.3, -0.25) is 0 Å². The van der Waals surface area contributed by atoms with Gasteiger partial charge < -0.3 is 14.4 Å². The SMILES string of the molecule is CC(C1CCCCC1)C(C)C1(C)OCC(CN2CCCCC2)O1. The lowest BCUT2D eigenvalue weighted by atomic mass is 9.73. The minimum atomic E-state index is -0.378. The van der Waals surface area contributed by atoms with Gasteiger partial charge in [-0.15, -0.1) is 0 Å². The first kappa shape index (κ1) is 17.7. The molecule has 0 N–H and O–H groups in total. The van der Waals surface area contributed by atoms with Crippen molar-refractivity contribution in [1.82, 2.24) is 4.90 Å². The fourth-order valence-electron chi connectivity index (χ4n) is 4.96. The normalized spacial score (nSPS) is 36.9. The molecule has 3 aliphatic rings. The molecule has 1 saturated carbocycles. The van der Waals surface area contributed by atoms with E-state index in [9.17, 15) is 0 Å². The number of likely N-dealkylation sites (tertiary alicyclic amines) is 1. The molecule has 2 aliphatic heterocycles. The maximum Gasteiger partial charge on any atom is 0.168 e. The Balaban J connectivity index is 1.52. The first-order valence-corrected chi connectivity index (χ1v) is 10.1. The predicted molar refractivity (Wildman–Crippen MR) is 94.4 cm³/mol. The summed E-state index contributed by atoms with van der Waals surface area (Å²) in [5, 5.41) is 0. The van der Waals surface area contributed by atoms with E-state index in [1.807, 2.05) is 0 Å². The Kier molecular flexibility index (Phi) is 6.03. The van der Waals surface area contributed by atoms with E-state index in [1.54, 1.807) is 0 Å². The highest BCUT2D eigenvalue weighted by Crippen LogP contribution is 2.41. The molecule has 2 heterocycles. The number of piperidine rings is 1. The average Bonchev–Trinajstić information content (AvgIpc) is 2.97. The lowest BCUT2D eigenvalue weighted by Gasteiger charge is -2.39. The van der Waals surface area contributed by atoms with Crippen molar-refractivity contribution in [2.75, 3.05) is 26.2 Å². The van der Waals surface area contributed by atoms with Crippen LogP contribution in [0.1, 0.15) is 72.1 Å². The number of hydrogen-bond donors (Lipinski definition) is 0. The van der Waals surface area contributed by atoms with Crippen LogP contribution < -0.4 is 0 Å². The lowest BCUT2D eigenvalue weighted by molar-refractivity contribution is -0.203. The quantitative estimate of drug-likeness (QED) is 0.746. The van der Waals surface area contributed by atoms with Crippen LogP contribution in [0, 0.1) is 17.8 Å². The van der Waals surface area contributed by atoms with E-state index in [1.165, 1.54) is 64.5 Å². The van der Waals surface area contributed by atoms with Gasteiger partial charge in [-0.05, 0) is 44.7 Å². The maximum atomic E-state index is 6.46. The van der Waals surface area contributed by atoms with Crippen LogP contribution in [0.5, 0.6) is 0 Å². The van der Waals surface area contributed by atoms with Gasteiger partial charge in [0.05, 0.1) is 12.7 Å². The standard InChI is InChI=1S/C20H37NO2/c1-16(18-10-6-4-7-11-18)17(2)20(3)22-15-19(23-20)14-21-12-8-5-9-13-21/h16-19H,4-15H2,1-3H3. The summed E-state index contributed by atoms with van der Waals surface area (Å²) < 4.78 is 12.7. The summed E-state index contributed by atoms with van der Waals surface area (Å²) in [4.78, 5) is 2.57. The molecular formula is C20H37NO2. The van der Waals surface area contributed by atoms with Crippen molar-refractivity contribution in [1.29, 1.82) is 0 Å². The van der Waals surface area contributed by atoms with E-state index in [-0.39, 0.29) is 11.9 Å². The number of nitrogens with zero attached hydrogens (tertiary/aromatic N) is 1. The summed E-state index contributed by atoms with van der Waals surface area (Å²) in [5.41, 5.74) is 0. The fourth-order valence-corrected chi connectivity index (χ4v) is 4.96. The largest absolute Gasteiger partial charge is 0.347 e. The molecule has 23 heavy (non-hydrogen) atoms. The highest BCUT2D eigenvalue weighted by atomic mass is 16.7. The molecule has 0 spiro atoms. The van der Waals surface area contributed by atoms with Gasteiger partial charge in [0.2, 0.25) is 0 Å². The molecular weight excluding hydrogens is 286 g/mol. The second-order valence-corrected chi connectivity index (χ2v) is 8.47. The highest BCUT2D eigenvalue weighted by Gasteiger charge is 2.45. The average molecular weight is 324 g/mol. The molecule has 0 amide bonds. The summed E-state index contributed by atoms with van der Waals surface area (Å²) in [6.07, 6.45) is 11.4. The molecule has 4 atom stereocenters. The molecule has 3 fully saturated rings. The Morgan fingerprint density at radius 2 is 1.65 bits per heavy atom. The summed E-state index contributed by atoms with van der Waals surface area (Å²) in [6.45, 7) is 11.3. The second kappa shape index (κ2) is 7.84. The molecule has 0 aromatic rings. The van der Waals surface area contributed by atoms with Crippen molar-refractivity contribution in [3.05, 3.63) is 0 Å². The zero-order valence-electron chi connectivity index (χ0n) is 15.6. The van der Waals surface area contributed by atoms with Crippen molar-refractivity contribution in [2.24, 2.45) is 17.8 Å². The Hall–Kier alpha value is -0.120. The Labute approximate surface area is 143 Å². The van der Waals surface area contributed by atoms with Gasteiger partial charge >= 0.3 is 0 Å². The number of ether oxygens (including phenoxy) is 2. The van der Waals surface area contributed by atoms with E-state index in [0.717, 1.165) is 19.1 Å². The molecule has 0 bridgehead atoms. The highest BCUT2D eigenvalue weighted by molar-refractivity contribution is 4.87. The number of rotatable bonds is 5. The molecule has 0 aromatic carbocycles. The van der Waals surface area contributed by atoms with Gasteiger partial charge in [0.15, 0.2) is 5.79 Å². The van der Waals surface area contributed by atoms with Crippen LogP contribution in [0.15, 0.2) is 0 Å². The van der Waals surface area contributed by atoms with Gasteiger partial charge in [-0.2, -0.15) is 0 Å². The number of hydrogen-bond acceptors (Lipinski definition) is 3. The predicted octanol–water partition coefficient (Wildman–Crippen LogP) is 4.46. The first-order valence-electron chi connectivity index (χ1n) is 10.1. The zero-order valence-corrected chi connectivity index (χ0v) is 15.6. The van der Waals surface area contributed by atoms with E-state index >= 15 is 0 Å². The maximum absolute atomic E-state index is 6.46. The first-order chi connectivity index (χ1) is 11.1. The van der Waals surface area contributed by atoms with Crippen molar-refractivity contribution < 1.29 is 9.47 Å². The third-order valence-corrected chi connectivity index (χ3v) is 6.88. The monoisotopic (exact) mass is 323 g/mol. The van der Waals surface area contributed by atoms with Crippen molar-refractivity contribution in [3.63, 3.8) is 0 Å². The molecule has 0 radical (unpaired) electrons. The van der Waals surface area contributed by atoms with Crippen molar-refractivity contribution in [2.45, 2.75) is 84.0 Å². The smallest absolute Gasteiger partial charge is 0.168 e. The van der Waals surface area contributed by atoms with E-state index < -0.39 is 0 Å². The minimum Gasteiger partial charge on any atom is -0.347 e. The third-order valence-electron chi connectivity index (χ3n) is 6.88. The summed E-state index contributed by atoms with van der Waals surface area (Å²) in [5.74, 6) is 1.65. The van der Waals surface area contributed by atoms with E-state index in [4.69, 9.17) is 9.47 Å². The van der Waals surface area contributed by atoms with E-state index in [2.05, 4.69) is 25.7 Å². The fraction of sp³-hybridized carbons (Fsp3) is 1.00. The van der Waals surface area contributed by atoms with Gasteiger partial charge in [0, 0.05) is 12.5 Å². The van der Waals surface area contributed by atoms with Crippen LogP contribution in [0.25, 0.3) is 0 Å². The molecule has 134 valence electrons. The van der Waals surface area contributed by atoms with Crippen molar-refractivity contribution in [3.8, 4) is 0 Å². The topological polar surface area (TPSA) is 21.7 Å².